The Kier molecular flexibility index (Phi) is 8.36. The number of nitro groups is 1. The first-order chi connectivity index (χ1) is 10.9. The van der Waals surface area contributed by atoms with Gasteiger partial charge in [0.25, 0.3) is 5.69 Å². The molecule has 0 atom stereocenters. The van der Waals surface area contributed by atoms with Gasteiger partial charge < -0.3 is 5.32 Å². The lowest BCUT2D eigenvalue weighted by atomic mass is 10.2. The number of nitrogens with one attached hydrogen (secondary N) is 1. The Labute approximate surface area is 148 Å². The van der Waals surface area contributed by atoms with Gasteiger partial charge in [-0.05, 0) is 12.7 Å². The van der Waals surface area contributed by atoms with Crippen molar-refractivity contribution in [3.05, 3.63) is 32.3 Å². The second kappa shape index (κ2) is 9.75. The second-order valence-electron chi connectivity index (χ2n) is 4.64. The van der Waals surface area contributed by atoms with Crippen LogP contribution in [0.25, 0.3) is 0 Å². The first-order valence-corrected chi connectivity index (χ1v) is 8.93. The lowest BCUT2D eigenvalue weighted by Crippen LogP contribution is -2.27. The summed E-state index contributed by atoms with van der Waals surface area (Å²) in [6.07, 6.45) is 4.99. The summed E-state index contributed by atoms with van der Waals surface area (Å²) in [5, 5.41) is 13.9. The van der Waals surface area contributed by atoms with E-state index in [0.29, 0.717) is 11.6 Å². The molecule has 0 unspecified atom stereocenters. The molecular weight excluding hydrogens is 361 g/mol. The number of aliphatic imine (C=N–C) groups is 1. The number of amides is 1. The Hall–Kier alpha value is -1.31. The highest BCUT2D eigenvalue weighted by molar-refractivity contribution is 8.13. The molecule has 1 aromatic rings. The van der Waals surface area contributed by atoms with Crippen LogP contribution in [0, 0.1) is 10.1 Å². The summed E-state index contributed by atoms with van der Waals surface area (Å²) in [6, 6.07) is 2.35. The van der Waals surface area contributed by atoms with E-state index in [1.54, 1.807) is 6.26 Å². The first kappa shape index (κ1) is 19.7. The maximum Gasteiger partial charge on any atom is 0.272 e. The van der Waals surface area contributed by atoms with E-state index in [2.05, 4.69) is 17.2 Å². The number of hydrogen-bond acceptors (Lipinski definition) is 5. The molecule has 0 aromatic heterocycles. The van der Waals surface area contributed by atoms with Crippen molar-refractivity contribution in [2.45, 2.75) is 32.6 Å². The number of nitrogens with zero attached hydrogens (tertiary/aromatic N) is 2. The van der Waals surface area contributed by atoms with Crippen LogP contribution in [0.5, 0.6) is 0 Å². The van der Waals surface area contributed by atoms with Gasteiger partial charge >= 0.3 is 0 Å². The monoisotopic (exact) mass is 377 g/mol. The lowest BCUT2D eigenvalue weighted by Gasteiger charge is -2.08. The number of benzene rings is 1. The summed E-state index contributed by atoms with van der Waals surface area (Å²) >= 11 is 13.2. The molecule has 1 amide bonds. The van der Waals surface area contributed by atoms with Crippen molar-refractivity contribution in [1.82, 2.24) is 5.32 Å². The highest BCUT2D eigenvalue weighted by Crippen LogP contribution is 2.37. The molecule has 0 aliphatic heterocycles. The average molecular weight is 378 g/mol. The fourth-order valence-corrected chi connectivity index (χ4v) is 2.67. The van der Waals surface area contributed by atoms with E-state index in [-0.39, 0.29) is 27.3 Å². The molecule has 1 aromatic carbocycles. The minimum absolute atomic E-state index is 0.0518. The predicted octanol–water partition coefficient (Wildman–Crippen LogP) is 4.95. The van der Waals surface area contributed by atoms with Crippen LogP contribution < -0.4 is 5.32 Å². The summed E-state index contributed by atoms with van der Waals surface area (Å²) in [4.78, 5) is 26.2. The van der Waals surface area contributed by atoms with Crippen LogP contribution in [0.15, 0.2) is 17.1 Å². The van der Waals surface area contributed by atoms with E-state index in [4.69, 9.17) is 23.2 Å². The number of rotatable bonds is 6. The van der Waals surface area contributed by atoms with Gasteiger partial charge in [-0.25, -0.2) is 4.99 Å². The van der Waals surface area contributed by atoms with Crippen molar-refractivity contribution in [1.29, 1.82) is 0 Å². The zero-order chi connectivity index (χ0) is 17.4. The van der Waals surface area contributed by atoms with Gasteiger partial charge in [-0.2, -0.15) is 0 Å². The van der Waals surface area contributed by atoms with Crippen LogP contribution in [0.1, 0.15) is 32.6 Å². The molecule has 1 rings (SSSR count). The number of amidine groups is 1. The standard InChI is InChI=1S/C14H17Cl2N3O3S/c1-3-4-5-6-12(20)17-14(23-2)18-13-10(15)7-9(19(21)22)8-11(13)16/h7-8H,3-6H2,1-2H3,(H,17,18,20). The van der Waals surface area contributed by atoms with Crippen LogP contribution >= 0.6 is 35.0 Å². The van der Waals surface area contributed by atoms with E-state index in [0.717, 1.165) is 19.3 Å². The minimum atomic E-state index is -0.587. The number of halogens is 2. The fourth-order valence-electron chi connectivity index (χ4n) is 1.71. The van der Waals surface area contributed by atoms with Crippen molar-refractivity contribution in [2.24, 2.45) is 4.99 Å². The van der Waals surface area contributed by atoms with Crippen LogP contribution in [0.2, 0.25) is 10.0 Å². The normalized spacial score (nSPS) is 11.4. The summed E-state index contributed by atoms with van der Waals surface area (Å²) in [7, 11) is 0. The number of carbonyl (C=O) groups excluding carboxylic acids is 1. The summed E-state index contributed by atoms with van der Waals surface area (Å²) in [5.41, 5.74) is -0.0228. The van der Waals surface area contributed by atoms with Crippen molar-refractivity contribution >= 4 is 57.4 Å². The fraction of sp³-hybridized carbons (Fsp3) is 0.429. The smallest absolute Gasteiger partial charge is 0.272 e. The molecule has 0 saturated heterocycles. The van der Waals surface area contributed by atoms with E-state index < -0.39 is 4.92 Å². The molecule has 0 spiro atoms. The molecule has 9 heteroatoms. The summed E-state index contributed by atoms with van der Waals surface area (Å²) in [5.74, 6) is -0.138. The van der Waals surface area contributed by atoms with Gasteiger partial charge in [0.1, 0.15) is 5.69 Å². The third-order valence-corrected chi connectivity index (χ3v) is 4.03. The Morgan fingerprint density at radius 1 is 1.35 bits per heavy atom. The molecule has 0 aliphatic carbocycles. The van der Waals surface area contributed by atoms with Crippen molar-refractivity contribution < 1.29 is 9.72 Å². The maximum atomic E-state index is 11.8. The Morgan fingerprint density at radius 2 is 1.96 bits per heavy atom. The van der Waals surface area contributed by atoms with E-state index in [1.165, 1.54) is 23.9 Å². The van der Waals surface area contributed by atoms with Gasteiger partial charge in [0, 0.05) is 18.6 Å². The van der Waals surface area contributed by atoms with Gasteiger partial charge in [-0.15, -0.1) is 0 Å². The first-order valence-electron chi connectivity index (χ1n) is 6.95. The van der Waals surface area contributed by atoms with Crippen molar-refractivity contribution in [3.8, 4) is 0 Å². The molecule has 126 valence electrons. The lowest BCUT2D eigenvalue weighted by molar-refractivity contribution is -0.384. The third-order valence-electron chi connectivity index (χ3n) is 2.87. The third kappa shape index (κ3) is 6.37. The second-order valence-corrected chi connectivity index (χ2v) is 6.25. The van der Waals surface area contributed by atoms with Crippen molar-refractivity contribution in [3.63, 3.8) is 0 Å². The average Bonchev–Trinajstić information content (AvgIpc) is 2.49. The van der Waals surface area contributed by atoms with Gasteiger partial charge in [0.2, 0.25) is 5.91 Å². The highest BCUT2D eigenvalue weighted by atomic mass is 35.5. The van der Waals surface area contributed by atoms with E-state index >= 15 is 0 Å². The van der Waals surface area contributed by atoms with Crippen LogP contribution in [0.3, 0.4) is 0 Å². The number of hydrogen-bond donors (Lipinski definition) is 1. The molecular formula is C14H17Cl2N3O3S. The Balaban J connectivity index is 2.94. The predicted molar refractivity (Wildman–Crippen MR) is 96.0 cm³/mol. The molecule has 1 N–H and O–H groups in total. The highest BCUT2D eigenvalue weighted by Gasteiger charge is 2.15. The van der Waals surface area contributed by atoms with Gasteiger partial charge in [-0.1, -0.05) is 54.7 Å². The van der Waals surface area contributed by atoms with E-state index in [1.807, 2.05) is 0 Å². The van der Waals surface area contributed by atoms with Gasteiger partial charge in [0.15, 0.2) is 5.17 Å². The quantitative estimate of drug-likeness (QED) is 0.250. The summed E-state index contributed by atoms with van der Waals surface area (Å²) < 4.78 is 0. The molecule has 0 aliphatic rings. The molecule has 0 fully saturated rings. The van der Waals surface area contributed by atoms with Crippen LogP contribution in [-0.2, 0) is 4.79 Å². The zero-order valence-corrected chi connectivity index (χ0v) is 15.1. The summed E-state index contributed by atoms with van der Waals surface area (Å²) in [6.45, 7) is 2.06. The SMILES string of the molecule is CCCCCC(=O)NC(=Nc1c(Cl)cc([N+](=O)[O-])cc1Cl)SC. The topological polar surface area (TPSA) is 84.6 Å². The molecule has 0 saturated carbocycles. The van der Waals surface area contributed by atoms with Gasteiger partial charge in [0.05, 0.1) is 15.0 Å². The zero-order valence-electron chi connectivity index (χ0n) is 12.8. The largest absolute Gasteiger partial charge is 0.305 e. The Bertz CT molecular complexity index is 600. The maximum absolute atomic E-state index is 11.8. The number of nitro benzene ring substituents is 1. The van der Waals surface area contributed by atoms with Gasteiger partial charge in [-0.3, -0.25) is 14.9 Å². The van der Waals surface area contributed by atoms with Crippen LogP contribution in [0.4, 0.5) is 11.4 Å². The number of non-ortho nitro benzene ring substituents is 1. The molecule has 0 heterocycles. The Morgan fingerprint density at radius 3 is 2.43 bits per heavy atom. The van der Waals surface area contributed by atoms with Crippen molar-refractivity contribution in [2.75, 3.05) is 6.26 Å². The van der Waals surface area contributed by atoms with E-state index in [9.17, 15) is 14.9 Å². The van der Waals surface area contributed by atoms with Crippen LogP contribution in [-0.4, -0.2) is 22.3 Å². The number of unbranched alkanes of at least 4 members (excludes halogenated alkanes) is 2. The minimum Gasteiger partial charge on any atom is -0.305 e. The number of thioether (sulfide) groups is 1. The molecule has 0 radical (unpaired) electrons. The molecule has 6 nitrogen and oxygen atoms in total. The molecule has 0 bridgehead atoms. The molecule has 23 heavy (non-hydrogen) atoms. The number of carbonyl (C=O) groups is 1.